The first-order valence-electron chi connectivity index (χ1n) is 10.2. The maximum Gasteiger partial charge on any atom is 0.332 e. The Balaban J connectivity index is 1.65. The second kappa shape index (κ2) is 6.58. The number of carbonyl (C=O) groups excluding carboxylic acids is 3. The number of amides is 4. The van der Waals surface area contributed by atoms with Gasteiger partial charge in [0.25, 0.3) is 0 Å². The zero-order valence-corrected chi connectivity index (χ0v) is 17.1. The van der Waals surface area contributed by atoms with Crippen LogP contribution in [0.1, 0.15) is 5.56 Å². The summed E-state index contributed by atoms with van der Waals surface area (Å²) in [4.78, 5) is 46.3. The molecule has 4 amide bonds. The van der Waals surface area contributed by atoms with Gasteiger partial charge >= 0.3 is 6.03 Å². The van der Waals surface area contributed by atoms with E-state index in [1.54, 1.807) is 0 Å². The molecule has 0 aromatic heterocycles. The van der Waals surface area contributed by atoms with Crippen molar-refractivity contribution in [2.24, 2.45) is 5.41 Å². The van der Waals surface area contributed by atoms with E-state index in [1.807, 2.05) is 48.5 Å². The summed E-state index contributed by atoms with van der Waals surface area (Å²) < 4.78 is 0. The van der Waals surface area contributed by atoms with Crippen LogP contribution in [0.15, 0.2) is 54.6 Å². The Labute approximate surface area is 175 Å². The Bertz CT molecular complexity index is 1010. The fourth-order valence-electron chi connectivity index (χ4n) is 5.25. The van der Waals surface area contributed by atoms with Crippen LogP contribution in [0.2, 0.25) is 0 Å². The Kier molecular flexibility index (Phi) is 4.10. The van der Waals surface area contributed by atoms with Gasteiger partial charge in [-0.1, -0.05) is 36.4 Å². The van der Waals surface area contributed by atoms with Crippen molar-refractivity contribution >= 4 is 29.2 Å². The maximum absolute atomic E-state index is 13.6. The van der Waals surface area contributed by atoms with Crippen LogP contribution in [0.4, 0.5) is 16.2 Å². The lowest BCUT2D eigenvalue weighted by Crippen LogP contribution is -2.74. The molecule has 0 N–H and O–H groups in total. The standard InChI is InChI=1S/C23H24N4O3/c1-24-20(28)23(21(29)25(2)22(24)30)14-16-8-6-7-11-18(16)27-13-12-26(15-19(23)27)17-9-4-3-5-10-17/h3-11,19H,12-15H2,1-2H3. The van der Waals surface area contributed by atoms with Crippen LogP contribution < -0.4 is 9.80 Å². The van der Waals surface area contributed by atoms with E-state index in [0.717, 1.165) is 33.3 Å². The van der Waals surface area contributed by atoms with Crippen LogP contribution in [-0.4, -0.2) is 67.4 Å². The van der Waals surface area contributed by atoms with Crippen LogP contribution in [0, 0.1) is 5.41 Å². The predicted octanol–water partition coefficient (Wildman–Crippen LogP) is 1.97. The molecular formula is C23H24N4O3. The highest BCUT2D eigenvalue weighted by Crippen LogP contribution is 2.47. The molecular weight excluding hydrogens is 380 g/mol. The molecule has 30 heavy (non-hydrogen) atoms. The third-order valence-electron chi connectivity index (χ3n) is 6.79. The first-order valence-corrected chi connectivity index (χ1v) is 10.2. The zero-order chi connectivity index (χ0) is 21.0. The van der Waals surface area contributed by atoms with Gasteiger partial charge in [-0.3, -0.25) is 19.4 Å². The van der Waals surface area contributed by atoms with Crippen molar-refractivity contribution in [2.75, 3.05) is 43.5 Å². The minimum Gasteiger partial charge on any atom is -0.368 e. The fourth-order valence-corrected chi connectivity index (χ4v) is 5.25. The first kappa shape index (κ1) is 18.7. The lowest BCUT2D eigenvalue weighted by atomic mass is 9.67. The molecule has 154 valence electrons. The Morgan fingerprint density at radius 1 is 0.833 bits per heavy atom. The molecule has 7 nitrogen and oxygen atoms in total. The molecule has 3 aliphatic heterocycles. The quantitative estimate of drug-likeness (QED) is 0.680. The second-order valence-electron chi connectivity index (χ2n) is 8.28. The summed E-state index contributed by atoms with van der Waals surface area (Å²) in [6.45, 7) is 2.02. The highest BCUT2D eigenvalue weighted by molar-refractivity contribution is 6.20. The summed E-state index contributed by atoms with van der Waals surface area (Å²) in [5.41, 5.74) is 1.79. The normalized spacial score (nSPS) is 23.0. The Hall–Kier alpha value is -3.35. The van der Waals surface area contributed by atoms with E-state index in [4.69, 9.17) is 0 Å². The van der Waals surface area contributed by atoms with E-state index in [9.17, 15) is 14.4 Å². The highest BCUT2D eigenvalue weighted by Gasteiger charge is 2.63. The first-order chi connectivity index (χ1) is 14.4. The van der Waals surface area contributed by atoms with E-state index < -0.39 is 23.3 Å². The number of anilines is 2. The van der Waals surface area contributed by atoms with Gasteiger partial charge in [0.15, 0.2) is 5.41 Å². The van der Waals surface area contributed by atoms with Gasteiger partial charge in [-0.25, -0.2) is 4.79 Å². The van der Waals surface area contributed by atoms with Crippen LogP contribution in [0.3, 0.4) is 0 Å². The lowest BCUT2D eigenvalue weighted by Gasteiger charge is -2.56. The summed E-state index contributed by atoms with van der Waals surface area (Å²) in [6.07, 6.45) is 0.298. The van der Waals surface area contributed by atoms with E-state index in [-0.39, 0.29) is 6.04 Å². The topological polar surface area (TPSA) is 64.2 Å². The van der Waals surface area contributed by atoms with Crippen molar-refractivity contribution in [2.45, 2.75) is 12.5 Å². The largest absolute Gasteiger partial charge is 0.368 e. The van der Waals surface area contributed by atoms with Crippen molar-refractivity contribution in [1.29, 1.82) is 0 Å². The molecule has 0 radical (unpaired) electrons. The number of hydrogen-bond donors (Lipinski definition) is 0. The predicted molar refractivity (Wildman–Crippen MR) is 113 cm³/mol. The van der Waals surface area contributed by atoms with E-state index >= 15 is 0 Å². The van der Waals surface area contributed by atoms with Crippen molar-refractivity contribution in [3.05, 3.63) is 60.2 Å². The van der Waals surface area contributed by atoms with Gasteiger partial charge in [-0.05, 0) is 30.2 Å². The number of nitrogens with zero attached hydrogens (tertiary/aromatic N) is 4. The number of benzene rings is 2. The number of para-hydroxylation sites is 2. The maximum atomic E-state index is 13.6. The zero-order valence-electron chi connectivity index (χ0n) is 17.1. The molecule has 1 unspecified atom stereocenters. The van der Waals surface area contributed by atoms with Crippen LogP contribution in [-0.2, 0) is 16.0 Å². The molecule has 0 saturated carbocycles. The average Bonchev–Trinajstić information content (AvgIpc) is 2.80. The molecule has 1 atom stereocenters. The molecule has 2 aromatic carbocycles. The van der Waals surface area contributed by atoms with E-state index in [0.29, 0.717) is 19.5 Å². The molecule has 0 bridgehead atoms. The van der Waals surface area contributed by atoms with E-state index in [1.165, 1.54) is 14.1 Å². The molecule has 7 heteroatoms. The number of hydrogen-bond acceptors (Lipinski definition) is 5. The van der Waals surface area contributed by atoms with Crippen molar-refractivity contribution in [3.63, 3.8) is 0 Å². The summed E-state index contributed by atoms with van der Waals surface area (Å²) in [5.74, 6) is -0.815. The Morgan fingerprint density at radius 3 is 2.17 bits per heavy atom. The molecule has 3 aliphatic rings. The van der Waals surface area contributed by atoms with Gasteiger partial charge in [-0.2, -0.15) is 0 Å². The number of imide groups is 2. The van der Waals surface area contributed by atoms with Crippen molar-refractivity contribution < 1.29 is 14.4 Å². The van der Waals surface area contributed by atoms with Gasteiger partial charge < -0.3 is 9.80 Å². The highest BCUT2D eigenvalue weighted by atomic mass is 16.2. The molecule has 0 aliphatic carbocycles. The van der Waals surface area contributed by atoms with Gasteiger partial charge in [0.05, 0.1) is 6.04 Å². The molecule has 1 spiro atoms. The van der Waals surface area contributed by atoms with Crippen LogP contribution in [0.25, 0.3) is 0 Å². The third-order valence-corrected chi connectivity index (χ3v) is 6.79. The van der Waals surface area contributed by atoms with Crippen molar-refractivity contribution in [3.8, 4) is 0 Å². The molecule has 5 rings (SSSR count). The SMILES string of the molecule is CN1C(=O)N(C)C(=O)C2(Cc3ccccc3N3CCN(c4ccccc4)CC32)C1=O. The minimum atomic E-state index is -1.32. The summed E-state index contributed by atoms with van der Waals surface area (Å²) >= 11 is 0. The number of carbonyl (C=O) groups is 3. The molecule has 2 fully saturated rings. The van der Waals surface area contributed by atoms with Crippen LogP contribution in [0.5, 0.6) is 0 Å². The number of rotatable bonds is 1. The molecule has 2 aromatic rings. The third kappa shape index (κ3) is 2.41. The molecule has 3 heterocycles. The van der Waals surface area contributed by atoms with Gasteiger partial charge in [0, 0.05) is 45.1 Å². The molecule has 2 saturated heterocycles. The average molecular weight is 404 g/mol. The monoisotopic (exact) mass is 404 g/mol. The summed E-state index contributed by atoms with van der Waals surface area (Å²) in [7, 11) is 2.94. The smallest absolute Gasteiger partial charge is 0.332 e. The van der Waals surface area contributed by atoms with Gasteiger partial charge in [0.1, 0.15) is 0 Å². The van der Waals surface area contributed by atoms with Gasteiger partial charge in [0.2, 0.25) is 11.8 Å². The number of piperazine rings is 1. The number of fused-ring (bicyclic) bond motifs is 4. The van der Waals surface area contributed by atoms with Crippen molar-refractivity contribution in [1.82, 2.24) is 9.80 Å². The number of barbiturate groups is 1. The van der Waals surface area contributed by atoms with E-state index in [2.05, 4.69) is 15.9 Å². The lowest BCUT2D eigenvalue weighted by molar-refractivity contribution is -0.159. The summed E-state index contributed by atoms with van der Waals surface area (Å²) in [5, 5.41) is 0. The minimum absolute atomic E-state index is 0.298. The summed E-state index contributed by atoms with van der Waals surface area (Å²) in [6, 6.07) is 17.1. The Morgan fingerprint density at radius 2 is 1.47 bits per heavy atom. The number of urea groups is 1. The van der Waals surface area contributed by atoms with Gasteiger partial charge in [-0.15, -0.1) is 0 Å². The fraction of sp³-hybridized carbons (Fsp3) is 0.348. The second-order valence-corrected chi connectivity index (χ2v) is 8.28. The van der Waals surface area contributed by atoms with Crippen LogP contribution >= 0.6 is 0 Å².